The Labute approximate surface area is 212 Å². The molecule has 1 fully saturated rings. The maximum absolute atomic E-state index is 13.2. The summed E-state index contributed by atoms with van der Waals surface area (Å²) in [6, 6.07) is 11.3. The van der Waals surface area contributed by atoms with Crippen molar-refractivity contribution < 1.29 is 33.6 Å². The average molecular weight is 498 g/mol. The number of methoxy groups -OCH3 is 2. The van der Waals surface area contributed by atoms with Gasteiger partial charge in [0.25, 0.3) is 11.7 Å². The number of Topliss-reactive ketones (excluding diaryl/α,β-unsaturated/α-hetero) is 1. The minimum Gasteiger partial charge on any atom is -0.507 e. The predicted octanol–water partition coefficient (Wildman–Crippen LogP) is 4.59. The molecule has 1 saturated heterocycles. The molecule has 2 aromatic carbocycles. The van der Waals surface area contributed by atoms with Crippen LogP contribution in [0, 0.1) is 5.92 Å². The first-order valence-corrected chi connectivity index (χ1v) is 12.1. The molecule has 0 saturated carbocycles. The molecule has 1 aliphatic heterocycles. The summed E-state index contributed by atoms with van der Waals surface area (Å²) >= 11 is 0. The van der Waals surface area contributed by atoms with Gasteiger partial charge in [0.05, 0.1) is 38.5 Å². The van der Waals surface area contributed by atoms with E-state index < -0.39 is 17.7 Å². The first kappa shape index (κ1) is 27.1. The Morgan fingerprint density at radius 3 is 2.47 bits per heavy atom. The van der Waals surface area contributed by atoms with E-state index in [-0.39, 0.29) is 30.4 Å². The van der Waals surface area contributed by atoms with Gasteiger partial charge in [-0.1, -0.05) is 39.0 Å². The summed E-state index contributed by atoms with van der Waals surface area (Å²) in [5.41, 5.74) is 1.01. The number of rotatable bonds is 12. The number of nitrogens with zero attached hydrogens (tertiary/aromatic N) is 1. The molecule has 1 aliphatic rings. The molecule has 8 nitrogen and oxygen atoms in total. The highest BCUT2D eigenvalue weighted by Crippen LogP contribution is 2.42. The molecule has 0 aliphatic carbocycles. The van der Waals surface area contributed by atoms with Crippen molar-refractivity contribution in [1.82, 2.24) is 4.90 Å². The summed E-state index contributed by atoms with van der Waals surface area (Å²) in [5.74, 6) is 0.171. The number of carbonyl (C=O) groups excluding carboxylic acids is 2. The first-order valence-electron chi connectivity index (χ1n) is 12.1. The van der Waals surface area contributed by atoms with Gasteiger partial charge in [-0.2, -0.15) is 0 Å². The van der Waals surface area contributed by atoms with Gasteiger partial charge in [0, 0.05) is 19.2 Å². The fraction of sp³-hybridized carbons (Fsp3) is 0.429. The molecule has 1 heterocycles. The van der Waals surface area contributed by atoms with Crippen LogP contribution in [0.5, 0.6) is 17.2 Å². The molecule has 194 valence electrons. The lowest BCUT2D eigenvalue weighted by atomic mass is 9.95. The molecule has 1 atom stereocenters. The molecular weight excluding hydrogens is 462 g/mol. The molecule has 3 rings (SSSR count). The topological polar surface area (TPSA) is 94.5 Å². The van der Waals surface area contributed by atoms with Crippen LogP contribution in [-0.4, -0.2) is 62.3 Å². The molecule has 1 unspecified atom stereocenters. The number of carbonyl (C=O) groups is 2. The van der Waals surface area contributed by atoms with Crippen LogP contribution in [0.3, 0.4) is 0 Å². The zero-order chi connectivity index (χ0) is 26.2. The Balaban J connectivity index is 2.13. The van der Waals surface area contributed by atoms with Crippen molar-refractivity contribution in [3.05, 3.63) is 59.2 Å². The van der Waals surface area contributed by atoms with E-state index in [1.165, 1.54) is 12.0 Å². The average Bonchev–Trinajstić information content (AvgIpc) is 3.13. The fourth-order valence-electron chi connectivity index (χ4n) is 3.99. The smallest absolute Gasteiger partial charge is 0.295 e. The highest BCUT2D eigenvalue weighted by Gasteiger charge is 2.46. The number of hydrogen-bond donors (Lipinski definition) is 1. The minimum absolute atomic E-state index is 0.00345. The van der Waals surface area contributed by atoms with Crippen LogP contribution in [0.25, 0.3) is 5.76 Å². The Bertz CT molecular complexity index is 1110. The molecule has 0 aromatic heterocycles. The lowest BCUT2D eigenvalue weighted by Gasteiger charge is -2.26. The van der Waals surface area contributed by atoms with E-state index in [0.29, 0.717) is 41.6 Å². The first-order chi connectivity index (χ1) is 17.3. The molecule has 2 aromatic rings. The van der Waals surface area contributed by atoms with E-state index in [0.717, 1.165) is 6.42 Å². The van der Waals surface area contributed by atoms with Gasteiger partial charge < -0.3 is 29.0 Å². The van der Waals surface area contributed by atoms with Gasteiger partial charge in [0.2, 0.25) is 0 Å². The van der Waals surface area contributed by atoms with Crippen LogP contribution in [0.4, 0.5) is 0 Å². The highest BCUT2D eigenvalue weighted by molar-refractivity contribution is 6.46. The molecule has 1 amide bonds. The van der Waals surface area contributed by atoms with E-state index in [1.807, 2.05) is 20.8 Å². The summed E-state index contributed by atoms with van der Waals surface area (Å²) in [6.45, 7) is 7.47. The second-order valence-corrected chi connectivity index (χ2v) is 8.98. The number of ether oxygens (including phenoxy) is 4. The van der Waals surface area contributed by atoms with Gasteiger partial charge >= 0.3 is 0 Å². The number of benzene rings is 2. The zero-order valence-electron chi connectivity index (χ0n) is 21.6. The number of hydrogen-bond acceptors (Lipinski definition) is 7. The maximum Gasteiger partial charge on any atom is 0.295 e. The van der Waals surface area contributed by atoms with Crippen LogP contribution in [0.1, 0.15) is 44.4 Å². The van der Waals surface area contributed by atoms with Crippen LogP contribution < -0.4 is 14.2 Å². The van der Waals surface area contributed by atoms with Crippen LogP contribution in [0.2, 0.25) is 0 Å². The quantitative estimate of drug-likeness (QED) is 0.260. The molecule has 0 radical (unpaired) electrons. The third kappa shape index (κ3) is 5.99. The van der Waals surface area contributed by atoms with E-state index in [4.69, 9.17) is 18.9 Å². The van der Waals surface area contributed by atoms with Gasteiger partial charge in [0.15, 0.2) is 11.5 Å². The van der Waals surface area contributed by atoms with Crippen LogP contribution >= 0.6 is 0 Å². The van der Waals surface area contributed by atoms with Crippen molar-refractivity contribution in [2.75, 3.05) is 40.6 Å². The van der Waals surface area contributed by atoms with Gasteiger partial charge in [0.1, 0.15) is 11.5 Å². The summed E-state index contributed by atoms with van der Waals surface area (Å²) in [4.78, 5) is 27.7. The van der Waals surface area contributed by atoms with Gasteiger partial charge in [-0.3, -0.25) is 9.59 Å². The number of amides is 1. The standard InChI is InChI=1S/C28H35NO7/c1-6-13-35-21-9-7-8-20(15-21)26(30)24-25(29(12-14-33-4)28(32)27(24)31)19-10-11-22(34-5)23(16-19)36-17-18(2)3/h7-11,15-16,18,25,30H,6,12-14,17H2,1-5H3/b26-24-. The SMILES string of the molecule is CCCOc1cccc(/C(O)=C2/C(=O)C(=O)N(CCOC)C2c2ccc(OC)c(OCC(C)C)c2)c1. The zero-order valence-corrected chi connectivity index (χ0v) is 21.6. The van der Waals surface area contributed by atoms with Crippen molar-refractivity contribution in [2.45, 2.75) is 33.2 Å². The number of ketones is 1. The fourth-order valence-corrected chi connectivity index (χ4v) is 3.99. The Morgan fingerprint density at radius 1 is 1.03 bits per heavy atom. The summed E-state index contributed by atoms with van der Waals surface area (Å²) in [6.07, 6.45) is 0.833. The van der Waals surface area contributed by atoms with Gasteiger partial charge in [-0.05, 0) is 42.2 Å². The molecule has 1 N–H and O–H groups in total. The lowest BCUT2D eigenvalue weighted by molar-refractivity contribution is -0.140. The molecule has 8 heteroatoms. The van der Waals surface area contributed by atoms with E-state index in [2.05, 4.69) is 0 Å². The summed E-state index contributed by atoms with van der Waals surface area (Å²) in [7, 11) is 3.08. The summed E-state index contributed by atoms with van der Waals surface area (Å²) < 4.78 is 22.3. The Kier molecular flexibility index (Phi) is 9.36. The molecule has 36 heavy (non-hydrogen) atoms. The number of aliphatic hydroxyl groups is 1. The minimum atomic E-state index is -0.826. The van der Waals surface area contributed by atoms with Gasteiger partial charge in [-0.15, -0.1) is 0 Å². The second kappa shape index (κ2) is 12.4. The van der Waals surface area contributed by atoms with E-state index in [1.54, 1.807) is 49.6 Å². The van der Waals surface area contributed by atoms with Crippen molar-refractivity contribution in [3.63, 3.8) is 0 Å². The van der Waals surface area contributed by atoms with Crippen molar-refractivity contribution >= 4 is 17.4 Å². The molecule has 0 bridgehead atoms. The number of likely N-dealkylation sites (tertiary alicyclic amines) is 1. The monoisotopic (exact) mass is 497 g/mol. The Morgan fingerprint density at radius 2 is 1.81 bits per heavy atom. The van der Waals surface area contributed by atoms with Crippen molar-refractivity contribution in [3.8, 4) is 17.2 Å². The normalized spacial score (nSPS) is 17.1. The highest BCUT2D eigenvalue weighted by atomic mass is 16.5. The lowest BCUT2D eigenvalue weighted by Crippen LogP contribution is -2.32. The van der Waals surface area contributed by atoms with E-state index in [9.17, 15) is 14.7 Å². The van der Waals surface area contributed by atoms with Crippen LogP contribution in [-0.2, 0) is 14.3 Å². The van der Waals surface area contributed by atoms with Crippen molar-refractivity contribution in [1.29, 1.82) is 0 Å². The third-order valence-corrected chi connectivity index (χ3v) is 5.73. The number of aliphatic hydroxyl groups excluding tert-OH is 1. The van der Waals surface area contributed by atoms with Crippen molar-refractivity contribution in [2.24, 2.45) is 5.92 Å². The van der Waals surface area contributed by atoms with E-state index >= 15 is 0 Å². The largest absolute Gasteiger partial charge is 0.507 e. The maximum atomic E-state index is 13.2. The molecule has 0 spiro atoms. The van der Waals surface area contributed by atoms with Crippen LogP contribution in [0.15, 0.2) is 48.0 Å². The Hall–Kier alpha value is -3.52. The second-order valence-electron chi connectivity index (χ2n) is 8.98. The third-order valence-electron chi connectivity index (χ3n) is 5.73. The molecular formula is C28H35NO7. The summed E-state index contributed by atoms with van der Waals surface area (Å²) in [5, 5.41) is 11.3. The van der Waals surface area contributed by atoms with Gasteiger partial charge in [-0.25, -0.2) is 0 Å². The predicted molar refractivity (Wildman–Crippen MR) is 136 cm³/mol.